The molecule has 1 aromatic heterocycles. The van der Waals surface area contributed by atoms with Gasteiger partial charge in [0.2, 0.25) is 0 Å². The number of fused-ring (bicyclic) bond motifs is 1. The average molecular weight is 256 g/mol. The maximum atomic E-state index is 12.0. The second kappa shape index (κ2) is 4.71. The summed E-state index contributed by atoms with van der Waals surface area (Å²) in [7, 11) is 0. The number of ketones is 1. The van der Waals surface area contributed by atoms with Gasteiger partial charge in [0.15, 0.2) is 5.78 Å². The minimum Gasteiger partial charge on any atom is -0.427 e. The number of carbonyl (C=O) groups excluding carboxylic acids is 1. The van der Waals surface area contributed by atoms with Crippen LogP contribution in [0, 0.1) is 0 Å². The summed E-state index contributed by atoms with van der Waals surface area (Å²) in [5.74, 6) is 0.191. The van der Waals surface area contributed by atoms with E-state index in [1.807, 2.05) is 23.6 Å². The van der Waals surface area contributed by atoms with Gasteiger partial charge in [-0.2, -0.15) is 0 Å². The van der Waals surface area contributed by atoms with E-state index in [2.05, 4.69) is 19.0 Å². The Hall–Kier alpha value is -1.39. The third-order valence-corrected chi connectivity index (χ3v) is 4.21. The zero-order chi connectivity index (χ0) is 12.5. The van der Waals surface area contributed by atoms with E-state index in [1.54, 1.807) is 0 Å². The summed E-state index contributed by atoms with van der Waals surface area (Å²) in [6.07, 6.45) is 0.473. The lowest BCUT2D eigenvalue weighted by Crippen LogP contribution is -2.24. The van der Waals surface area contributed by atoms with Crippen molar-refractivity contribution in [3.8, 4) is 0 Å². The highest BCUT2D eigenvalue weighted by Gasteiger charge is 2.23. The summed E-state index contributed by atoms with van der Waals surface area (Å²) in [5, 5.41) is 1.94. The zero-order valence-electron chi connectivity index (χ0n) is 10.2. The first-order valence-corrected chi connectivity index (χ1v) is 6.92. The molecule has 0 spiro atoms. The van der Waals surface area contributed by atoms with E-state index >= 15 is 0 Å². The monoisotopic (exact) mass is 256 g/mol. The first-order chi connectivity index (χ1) is 8.74. The molecule has 2 nitrogen and oxygen atoms in total. The van der Waals surface area contributed by atoms with Crippen molar-refractivity contribution in [2.45, 2.75) is 19.9 Å². The fraction of sp³-hybridized carbons (Fsp3) is 0.214. The van der Waals surface area contributed by atoms with Crippen LogP contribution >= 0.6 is 11.3 Å². The summed E-state index contributed by atoms with van der Waals surface area (Å²) < 4.78 is 5.57. The Kier molecular flexibility index (Phi) is 3.06. The van der Waals surface area contributed by atoms with Crippen molar-refractivity contribution in [1.29, 1.82) is 0 Å². The number of Topliss-reactive ketones (excluding diaryl/α,β-unsaturated/α-hetero) is 1. The van der Waals surface area contributed by atoms with Gasteiger partial charge in [0, 0.05) is 6.42 Å². The van der Waals surface area contributed by atoms with Crippen molar-refractivity contribution < 1.29 is 9.45 Å². The molecule has 2 heterocycles. The van der Waals surface area contributed by atoms with Crippen molar-refractivity contribution in [3.63, 3.8) is 0 Å². The second-order valence-corrected chi connectivity index (χ2v) is 5.51. The molecule has 90 valence electrons. The van der Waals surface area contributed by atoms with Crippen molar-refractivity contribution in [1.82, 2.24) is 0 Å². The molecule has 0 saturated heterocycles. The predicted molar refractivity (Wildman–Crippen MR) is 74.8 cm³/mol. The normalized spacial score (nSPS) is 13.7. The molecule has 0 aliphatic carbocycles. The van der Waals surface area contributed by atoms with Crippen LogP contribution in [-0.4, -0.2) is 12.7 Å². The molecule has 0 N–H and O–H groups in total. The van der Waals surface area contributed by atoms with Crippen molar-refractivity contribution in [2.75, 3.05) is 0 Å². The first kappa shape index (κ1) is 11.7. The Morgan fingerprint density at radius 1 is 1.44 bits per heavy atom. The number of rotatable bonds is 3. The molecule has 0 unspecified atom stereocenters. The van der Waals surface area contributed by atoms with Gasteiger partial charge in [-0.05, 0) is 28.0 Å². The van der Waals surface area contributed by atoms with E-state index in [1.165, 1.54) is 22.4 Å². The Morgan fingerprint density at radius 3 is 3.11 bits per heavy atom. The van der Waals surface area contributed by atoms with Gasteiger partial charge in [-0.15, -0.1) is 11.3 Å². The average Bonchev–Trinajstić information content (AvgIpc) is 3.00. The van der Waals surface area contributed by atoms with Crippen LogP contribution in [0.4, 0.5) is 0 Å². The SMILES string of the molecule is CB1OCc2ccc(CC(=O)c3cccs3)cc21. The van der Waals surface area contributed by atoms with Gasteiger partial charge in [0.1, 0.15) is 0 Å². The van der Waals surface area contributed by atoms with E-state index in [0.29, 0.717) is 13.0 Å². The van der Waals surface area contributed by atoms with Crippen LogP contribution in [-0.2, 0) is 17.7 Å². The quantitative estimate of drug-likeness (QED) is 0.623. The molecule has 2 aromatic rings. The summed E-state index contributed by atoms with van der Waals surface area (Å²) in [6.45, 7) is 2.89. The summed E-state index contributed by atoms with van der Waals surface area (Å²) >= 11 is 1.50. The fourth-order valence-corrected chi connectivity index (χ4v) is 2.94. The van der Waals surface area contributed by atoms with Crippen LogP contribution in [0.3, 0.4) is 0 Å². The first-order valence-electron chi connectivity index (χ1n) is 6.04. The van der Waals surface area contributed by atoms with Gasteiger partial charge >= 0.3 is 6.92 Å². The molecule has 18 heavy (non-hydrogen) atoms. The van der Waals surface area contributed by atoms with E-state index in [9.17, 15) is 4.79 Å². The van der Waals surface area contributed by atoms with Crippen LogP contribution in [0.25, 0.3) is 0 Å². The minimum absolute atomic E-state index is 0.150. The topological polar surface area (TPSA) is 26.3 Å². The Morgan fingerprint density at radius 2 is 2.33 bits per heavy atom. The minimum atomic E-state index is 0.150. The lowest BCUT2D eigenvalue weighted by atomic mass is 9.64. The van der Waals surface area contributed by atoms with Gasteiger partial charge in [0.05, 0.1) is 11.5 Å². The van der Waals surface area contributed by atoms with Crippen molar-refractivity contribution in [3.05, 3.63) is 51.7 Å². The van der Waals surface area contributed by atoms with Crippen LogP contribution in [0.15, 0.2) is 35.7 Å². The number of carbonyl (C=O) groups is 1. The van der Waals surface area contributed by atoms with Crippen LogP contribution in [0.5, 0.6) is 0 Å². The molecule has 0 saturated carbocycles. The van der Waals surface area contributed by atoms with Gasteiger partial charge in [-0.25, -0.2) is 0 Å². The zero-order valence-corrected chi connectivity index (χ0v) is 11.0. The number of thiophene rings is 1. The van der Waals surface area contributed by atoms with E-state index in [0.717, 1.165) is 10.4 Å². The van der Waals surface area contributed by atoms with Crippen LogP contribution in [0.1, 0.15) is 20.8 Å². The highest BCUT2D eigenvalue weighted by Crippen LogP contribution is 2.16. The summed E-state index contributed by atoms with van der Waals surface area (Å²) in [4.78, 5) is 12.9. The van der Waals surface area contributed by atoms with E-state index in [4.69, 9.17) is 4.65 Å². The van der Waals surface area contributed by atoms with Crippen molar-refractivity contribution >= 4 is 29.5 Å². The van der Waals surface area contributed by atoms with Crippen LogP contribution in [0.2, 0.25) is 6.82 Å². The largest absolute Gasteiger partial charge is 0.427 e. The molecule has 0 atom stereocenters. The molecule has 1 aromatic carbocycles. The van der Waals surface area contributed by atoms with Gasteiger partial charge in [-0.3, -0.25) is 4.79 Å². The molecule has 0 fully saturated rings. The highest BCUT2D eigenvalue weighted by atomic mass is 32.1. The van der Waals surface area contributed by atoms with Crippen LogP contribution < -0.4 is 5.46 Å². The maximum Gasteiger partial charge on any atom is 0.324 e. The molecular weight excluding hydrogens is 243 g/mol. The fourth-order valence-electron chi connectivity index (χ4n) is 2.28. The molecule has 0 radical (unpaired) electrons. The molecule has 1 aliphatic rings. The molecule has 3 rings (SSSR count). The molecule has 0 bridgehead atoms. The lowest BCUT2D eigenvalue weighted by Gasteiger charge is -2.04. The Balaban J connectivity index is 1.82. The maximum absolute atomic E-state index is 12.0. The summed E-state index contributed by atoms with van der Waals surface area (Å²) in [5.41, 5.74) is 3.55. The second-order valence-electron chi connectivity index (χ2n) is 4.56. The molecule has 0 amide bonds. The predicted octanol–water partition coefficient (Wildman–Crippen LogP) is 2.53. The number of hydrogen-bond donors (Lipinski definition) is 0. The third-order valence-electron chi connectivity index (χ3n) is 3.30. The van der Waals surface area contributed by atoms with Gasteiger partial charge < -0.3 is 4.65 Å². The van der Waals surface area contributed by atoms with Crippen molar-refractivity contribution in [2.24, 2.45) is 0 Å². The van der Waals surface area contributed by atoms with E-state index < -0.39 is 0 Å². The lowest BCUT2D eigenvalue weighted by molar-refractivity contribution is 0.0997. The van der Waals surface area contributed by atoms with Gasteiger partial charge in [-0.1, -0.05) is 31.1 Å². The van der Waals surface area contributed by atoms with Gasteiger partial charge in [0.25, 0.3) is 0 Å². The highest BCUT2D eigenvalue weighted by molar-refractivity contribution is 7.12. The molecular formula is C14H13BO2S. The summed E-state index contributed by atoms with van der Waals surface area (Å²) in [6, 6.07) is 10.0. The number of hydrogen-bond acceptors (Lipinski definition) is 3. The Bertz CT molecular complexity index is 577. The smallest absolute Gasteiger partial charge is 0.324 e. The molecule has 1 aliphatic heterocycles. The van der Waals surface area contributed by atoms with E-state index in [-0.39, 0.29) is 12.7 Å². The molecule has 4 heteroatoms. The number of benzene rings is 1. The Labute approximate surface area is 111 Å². The standard InChI is InChI=1S/C14H13BO2S/c1-15-12-7-10(4-5-11(12)9-17-15)8-13(16)14-3-2-6-18-14/h2-7H,8-9H2,1H3. The third kappa shape index (κ3) is 2.14.